The van der Waals surface area contributed by atoms with Crippen LogP contribution in [0.25, 0.3) is 0 Å². The molecule has 6 unspecified atom stereocenters. The Morgan fingerprint density at radius 2 is 1.58 bits per heavy atom. The summed E-state index contributed by atoms with van der Waals surface area (Å²) in [6.45, 7) is 19.1. The normalized spacial score (nSPS) is 53.7. The molecule has 254 valence electrons. The number of hydrogen-bond donors (Lipinski definition) is 4. The Hall–Kier alpha value is -1.48. The Morgan fingerprint density at radius 3 is 2.22 bits per heavy atom. The molecule has 0 aromatic heterocycles. The number of aliphatic hydroxyl groups is 3. The van der Waals surface area contributed by atoms with E-state index in [0.717, 1.165) is 69.8 Å². The lowest BCUT2D eigenvalue weighted by Crippen LogP contribution is -2.67. The lowest BCUT2D eigenvalue weighted by atomic mass is 9.32. The van der Waals surface area contributed by atoms with Crippen molar-refractivity contribution in [1.29, 1.82) is 0 Å². The number of fused-ring (bicyclic) bond motifs is 7. The highest BCUT2D eigenvalue weighted by Gasteiger charge is 2.72. The number of allylic oxidation sites excluding steroid dienone is 1. The highest BCUT2D eigenvalue weighted by atomic mass is 16.7. The van der Waals surface area contributed by atoms with E-state index in [1.54, 1.807) is 0 Å². The number of hydrogen-bond acceptors (Lipinski definition) is 7. The Balaban J connectivity index is 1.26. The molecule has 4 N–H and O–H groups in total. The maximum Gasteiger partial charge on any atom is 0.309 e. The summed E-state index contributed by atoms with van der Waals surface area (Å²) < 4.78 is 10.8. The van der Waals surface area contributed by atoms with Crippen LogP contribution in [0.1, 0.15) is 112 Å². The van der Waals surface area contributed by atoms with Crippen molar-refractivity contribution in [2.45, 2.75) is 143 Å². The fourth-order valence-corrected chi connectivity index (χ4v) is 13.6. The summed E-state index contributed by atoms with van der Waals surface area (Å²) >= 11 is 0. The van der Waals surface area contributed by atoms with Gasteiger partial charge in [0.2, 0.25) is 6.29 Å². The monoisotopic (exact) mass is 630 g/mol. The molecule has 6 aliphatic rings. The first-order valence-corrected chi connectivity index (χ1v) is 17.7. The molecule has 0 aromatic carbocycles. The minimum Gasteiger partial charge on any atom is -0.481 e. The van der Waals surface area contributed by atoms with Crippen LogP contribution >= 0.6 is 0 Å². The standard InChI is InChI=1S/C37H58O8/c1-20(2)22-11-15-37(32(42)43)17-16-35(6)23(27(22)37)8-9-26-34(5)13-10-21(33(3,4)25(34)12-14-36(26,35)7)18-24-28(39)29(40)30(41)31(45-24)44-19-38/h19,21-31,39-41H,1,8-18H2,2-7H3,(H,42,43)/t21-,22+,23?,24+,25?,26?,27?,28?,29-,30+,31?,34+,35-,36-,37+/m1/s1. The van der Waals surface area contributed by atoms with Crippen LogP contribution in [0, 0.1) is 62.6 Å². The number of carboxylic acid groups (broad SMARTS) is 1. The summed E-state index contributed by atoms with van der Waals surface area (Å²) in [5.74, 6) is 1.52. The topological polar surface area (TPSA) is 134 Å². The second-order valence-corrected chi connectivity index (χ2v) is 17.7. The van der Waals surface area contributed by atoms with Crippen LogP contribution in [-0.2, 0) is 19.1 Å². The second-order valence-electron chi connectivity index (χ2n) is 17.7. The van der Waals surface area contributed by atoms with Crippen molar-refractivity contribution in [1.82, 2.24) is 0 Å². The van der Waals surface area contributed by atoms with Gasteiger partial charge in [0, 0.05) is 0 Å². The molecule has 8 heteroatoms. The molecule has 0 amide bonds. The molecule has 45 heavy (non-hydrogen) atoms. The van der Waals surface area contributed by atoms with Gasteiger partial charge in [0.05, 0.1) is 11.5 Å². The van der Waals surface area contributed by atoms with E-state index in [-0.39, 0.29) is 40.0 Å². The van der Waals surface area contributed by atoms with Crippen LogP contribution in [-0.4, -0.2) is 63.6 Å². The van der Waals surface area contributed by atoms with Crippen molar-refractivity contribution in [3.63, 3.8) is 0 Å². The van der Waals surface area contributed by atoms with Crippen LogP contribution in [0.15, 0.2) is 12.2 Å². The van der Waals surface area contributed by atoms with Gasteiger partial charge >= 0.3 is 5.97 Å². The van der Waals surface area contributed by atoms with Gasteiger partial charge in [0.25, 0.3) is 6.47 Å². The maximum atomic E-state index is 13.0. The largest absolute Gasteiger partial charge is 0.481 e. The molecule has 1 saturated heterocycles. The molecule has 1 heterocycles. The molecule has 0 spiro atoms. The zero-order valence-corrected chi connectivity index (χ0v) is 28.3. The van der Waals surface area contributed by atoms with Gasteiger partial charge in [0.15, 0.2) is 0 Å². The van der Waals surface area contributed by atoms with Gasteiger partial charge in [-0.2, -0.15) is 0 Å². The van der Waals surface area contributed by atoms with Gasteiger partial charge in [-0.15, -0.1) is 0 Å². The fraction of sp³-hybridized carbons (Fsp3) is 0.892. The Labute approximate surface area is 269 Å². The van der Waals surface area contributed by atoms with Gasteiger partial charge in [-0.05, 0) is 135 Å². The maximum absolute atomic E-state index is 13.0. The molecule has 15 atom stereocenters. The zero-order valence-electron chi connectivity index (χ0n) is 28.3. The van der Waals surface area contributed by atoms with Gasteiger partial charge in [-0.3, -0.25) is 9.59 Å². The summed E-state index contributed by atoms with van der Waals surface area (Å²) in [7, 11) is 0. The van der Waals surface area contributed by atoms with Crippen LogP contribution < -0.4 is 0 Å². The third-order valence-electron chi connectivity index (χ3n) is 16.1. The highest BCUT2D eigenvalue weighted by molar-refractivity contribution is 5.76. The molecular formula is C37H58O8. The van der Waals surface area contributed by atoms with E-state index in [1.165, 1.54) is 0 Å². The molecule has 1 aliphatic heterocycles. The quantitative estimate of drug-likeness (QED) is 0.217. The van der Waals surface area contributed by atoms with E-state index >= 15 is 0 Å². The number of aliphatic carboxylic acids is 1. The molecule has 6 rings (SSSR count). The minimum absolute atomic E-state index is 0.0568. The fourth-order valence-electron chi connectivity index (χ4n) is 13.6. The van der Waals surface area contributed by atoms with Crippen molar-refractivity contribution in [3.05, 3.63) is 12.2 Å². The molecule has 8 nitrogen and oxygen atoms in total. The van der Waals surface area contributed by atoms with Crippen molar-refractivity contribution >= 4 is 12.4 Å². The summed E-state index contributed by atoms with van der Waals surface area (Å²) in [5.41, 5.74) is 0.836. The summed E-state index contributed by atoms with van der Waals surface area (Å²) in [6, 6.07) is 0. The number of ether oxygens (including phenoxy) is 2. The van der Waals surface area contributed by atoms with E-state index in [2.05, 4.69) is 48.1 Å². The Kier molecular flexibility index (Phi) is 8.19. The average Bonchev–Trinajstić information content (AvgIpc) is 3.38. The number of aliphatic hydroxyl groups excluding tert-OH is 3. The van der Waals surface area contributed by atoms with Gasteiger partial charge in [0.1, 0.15) is 18.3 Å². The summed E-state index contributed by atoms with van der Waals surface area (Å²) in [5, 5.41) is 42.3. The number of carbonyl (C=O) groups is 2. The van der Waals surface area contributed by atoms with Crippen molar-refractivity contribution in [2.75, 3.05) is 0 Å². The number of carbonyl (C=O) groups excluding carboxylic acids is 1. The lowest BCUT2D eigenvalue weighted by molar-refractivity contribution is -0.291. The van der Waals surface area contributed by atoms with E-state index in [4.69, 9.17) is 9.47 Å². The van der Waals surface area contributed by atoms with Crippen LogP contribution in [0.4, 0.5) is 0 Å². The number of rotatable bonds is 6. The second kappa shape index (κ2) is 11.0. The molecule has 5 aliphatic carbocycles. The van der Waals surface area contributed by atoms with E-state index in [1.807, 2.05) is 0 Å². The predicted octanol–water partition coefficient (Wildman–Crippen LogP) is 5.72. The predicted molar refractivity (Wildman–Crippen MR) is 169 cm³/mol. The minimum atomic E-state index is -1.49. The van der Waals surface area contributed by atoms with Gasteiger partial charge in [-0.25, -0.2) is 0 Å². The van der Waals surface area contributed by atoms with Crippen molar-refractivity contribution in [3.8, 4) is 0 Å². The third kappa shape index (κ3) is 4.50. The van der Waals surface area contributed by atoms with E-state index in [9.17, 15) is 30.0 Å². The summed E-state index contributed by atoms with van der Waals surface area (Å²) in [6.07, 6.45) is 4.29. The first-order valence-electron chi connectivity index (χ1n) is 17.7. The third-order valence-corrected chi connectivity index (χ3v) is 16.1. The Bertz CT molecular complexity index is 1200. The van der Waals surface area contributed by atoms with Gasteiger partial charge < -0.3 is 29.9 Å². The SMILES string of the molecule is C=C(C)[C@@H]1CC[C@]2(C(=O)O)CC[C@]3(C)C(CCC4[C@@]5(C)CC[C@H](C[C@@H]6OC(OC=O)[C@@H](O)[C@H](O)C6O)C(C)(C)C5CC[C@]43C)C12. The van der Waals surface area contributed by atoms with Crippen LogP contribution in [0.5, 0.6) is 0 Å². The van der Waals surface area contributed by atoms with Crippen molar-refractivity contribution in [2.24, 2.45) is 62.6 Å². The molecule has 0 aromatic rings. The highest BCUT2D eigenvalue weighted by Crippen LogP contribution is 2.78. The molecule has 5 saturated carbocycles. The van der Waals surface area contributed by atoms with E-state index < -0.39 is 42.1 Å². The molecule has 6 fully saturated rings. The van der Waals surface area contributed by atoms with Gasteiger partial charge in [-0.1, -0.05) is 46.8 Å². The molecule has 0 bridgehead atoms. The summed E-state index contributed by atoms with van der Waals surface area (Å²) in [4.78, 5) is 24.0. The van der Waals surface area contributed by atoms with E-state index in [0.29, 0.717) is 30.1 Å². The first-order chi connectivity index (χ1) is 21.0. The lowest BCUT2D eigenvalue weighted by Gasteiger charge is -2.73. The average molecular weight is 631 g/mol. The first kappa shape index (κ1) is 33.4. The van der Waals surface area contributed by atoms with Crippen molar-refractivity contribution < 1.29 is 39.5 Å². The zero-order chi connectivity index (χ0) is 32.9. The van der Waals surface area contributed by atoms with Crippen LogP contribution in [0.3, 0.4) is 0 Å². The Morgan fingerprint density at radius 1 is 0.867 bits per heavy atom. The molecule has 0 radical (unpaired) electrons. The smallest absolute Gasteiger partial charge is 0.309 e. The van der Waals surface area contributed by atoms with Crippen LogP contribution in [0.2, 0.25) is 0 Å². The number of carboxylic acids is 1. The molecular weight excluding hydrogens is 572 g/mol.